The molecule has 0 saturated carbocycles. The number of hydrogen-bond donors (Lipinski definition) is 1. The van der Waals surface area contributed by atoms with Crippen LogP contribution in [0.2, 0.25) is 0 Å². The monoisotopic (exact) mass is 487 g/mol. The molecule has 0 radical (unpaired) electrons. The van der Waals surface area contributed by atoms with E-state index in [4.69, 9.17) is 0 Å². The third-order valence-corrected chi connectivity index (χ3v) is 6.98. The molecule has 0 saturated heterocycles. The van der Waals surface area contributed by atoms with Gasteiger partial charge in [-0.3, -0.25) is 13.9 Å². The molecule has 8 heteroatoms. The quantitative estimate of drug-likeness (QED) is 0.496. The van der Waals surface area contributed by atoms with Gasteiger partial charge >= 0.3 is 0 Å². The molecule has 186 valence electrons. The Morgan fingerprint density at radius 3 is 2.24 bits per heavy atom. The van der Waals surface area contributed by atoms with Crippen LogP contribution in [-0.4, -0.2) is 56.6 Å². The van der Waals surface area contributed by atoms with Crippen LogP contribution in [0.3, 0.4) is 0 Å². The topological polar surface area (TPSA) is 86.8 Å². The zero-order chi connectivity index (χ0) is 25.3. The molecule has 7 nitrogen and oxygen atoms in total. The van der Waals surface area contributed by atoms with Gasteiger partial charge in [-0.1, -0.05) is 56.3 Å². The Balaban J connectivity index is 2.36. The third-order valence-electron chi connectivity index (χ3n) is 5.84. The first-order chi connectivity index (χ1) is 16.1. The van der Waals surface area contributed by atoms with Crippen LogP contribution in [0.15, 0.2) is 54.6 Å². The summed E-state index contributed by atoms with van der Waals surface area (Å²) >= 11 is 0. The fourth-order valence-corrected chi connectivity index (χ4v) is 4.58. The molecule has 2 unspecified atom stereocenters. The van der Waals surface area contributed by atoms with Crippen molar-refractivity contribution in [1.29, 1.82) is 0 Å². The summed E-state index contributed by atoms with van der Waals surface area (Å²) in [6.45, 7) is 7.56. The highest BCUT2D eigenvalue weighted by atomic mass is 32.2. The van der Waals surface area contributed by atoms with Gasteiger partial charge in [-0.2, -0.15) is 0 Å². The van der Waals surface area contributed by atoms with Gasteiger partial charge in [0, 0.05) is 12.6 Å². The minimum absolute atomic E-state index is 0.0209. The molecular weight excluding hydrogens is 450 g/mol. The number of anilines is 1. The van der Waals surface area contributed by atoms with Crippen LogP contribution < -0.4 is 9.62 Å². The molecule has 2 aromatic carbocycles. The van der Waals surface area contributed by atoms with E-state index in [9.17, 15) is 18.0 Å². The number of sulfonamides is 1. The largest absolute Gasteiger partial charge is 0.352 e. The zero-order valence-corrected chi connectivity index (χ0v) is 21.6. The number of amides is 2. The summed E-state index contributed by atoms with van der Waals surface area (Å²) < 4.78 is 26.3. The maximum atomic E-state index is 13.6. The second-order valence-corrected chi connectivity index (χ2v) is 10.6. The van der Waals surface area contributed by atoms with Gasteiger partial charge in [0.15, 0.2) is 0 Å². The Bertz CT molecular complexity index is 1060. The lowest BCUT2D eigenvalue weighted by Crippen LogP contribution is -2.54. The number of aryl methyl sites for hydroxylation is 1. The van der Waals surface area contributed by atoms with Crippen molar-refractivity contribution in [2.45, 2.75) is 59.0 Å². The average molecular weight is 488 g/mol. The molecule has 0 aliphatic heterocycles. The summed E-state index contributed by atoms with van der Waals surface area (Å²) in [5.41, 5.74) is 2.35. The van der Waals surface area contributed by atoms with E-state index in [1.165, 1.54) is 4.90 Å². The van der Waals surface area contributed by atoms with Crippen LogP contribution in [0.1, 0.15) is 44.7 Å². The highest BCUT2D eigenvalue weighted by Crippen LogP contribution is 2.20. The molecule has 2 atom stereocenters. The number of carbonyl (C=O) groups is 2. The standard InChI is InChI=1S/C26H37N3O4S/c1-6-21(4)27-26(31)24(7-2)28(17-16-22-13-9-8-10-14-22)25(30)19-29(34(5,32)33)23-15-11-12-20(3)18-23/h8-15,18,21,24H,6-7,16-17,19H2,1-5H3,(H,27,31). The molecule has 2 amide bonds. The van der Waals surface area contributed by atoms with Crippen molar-refractivity contribution in [3.8, 4) is 0 Å². The van der Waals surface area contributed by atoms with Gasteiger partial charge in [0.1, 0.15) is 12.6 Å². The third kappa shape index (κ3) is 7.87. The number of carbonyl (C=O) groups excluding carboxylic acids is 2. The number of nitrogens with one attached hydrogen (secondary N) is 1. The van der Waals surface area contributed by atoms with E-state index in [2.05, 4.69) is 5.32 Å². The maximum Gasteiger partial charge on any atom is 0.244 e. The normalized spacial score (nSPS) is 13.1. The van der Waals surface area contributed by atoms with Gasteiger partial charge < -0.3 is 10.2 Å². The highest BCUT2D eigenvalue weighted by Gasteiger charge is 2.31. The predicted octanol–water partition coefficient (Wildman–Crippen LogP) is 3.53. The number of rotatable bonds is 12. The van der Waals surface area contributed by atoms with E-state index in [0.29, 0.717) is 25.1 Å². The number of nitrogens with zero attached hydrogens (tertiary/aromatic N) is 2. The van der Waals surface area contributed by atoms with E-state index in [-0.39, 0.29) is 18.5 Å². The SMILES string of the molecule is CCC(C)NC(=O)C(CC)N(CCc1ccccc1)C(=O)CN(c1cccc(C)c1)S(C)(=O)=O. The number of benzene rings is 2. The van der Waals surface area contributed by atoms with Crippen LogP contribution >= 0.6 is 0 Å². The average Bonchev–Trinajstić information content (AvgIpc) is 2.79. The molecule has 0 spiro atoms. The maximum absolute atomic E-state index is 13.6. The van der Waals surface area contributed by atoms with Crippen molar-refractivity contribution in [2.24, 2.45) is 0 Å². The lowest BCUT2D eigenvalue weighted by atomic mass is 10.1. The second kappa shape index (κ2) is 12.6. The fourth-order valence-electron chi connectivity index (χ4n) is 3.73. The lowest BCUT2D eigenvalue weighted by molar-refractivity contribution is -0.139. The fraction of sp³-hybridized carbons (Fsp3) is 0.462. The summed E-state index contributed by atoms with van der Waals surface area (Å²) in [5.74, 6) is -0.631. The van der Waals surface area contributed by atoms with E-state index >= 15 is 0 Å². The van der Waals surface area contributed by atoms with Crippen molar-refractivity contribution in [2.75, 3.05) is 23.7 Å². The summed E-state index contributed by atoms with van der Waals surface area (Å²) in [5, 5.41) is 2.97. The molecular formula is C26H37N3O4S. The Labute approximate surface area is 204 Å². The number of hydrogen-bond acceptors (Lipinski definition) is 4. The molecule has 0 heterocycles. The predicted molar refractivity (Wildman–Crippen MR) is 137 cm³/mol. The smallest absolute Gasteiger partial charge is 0.244 e. The Morgan fingerprint density at radius 1 is 1.00 bits per heavy atom. The Morgan fingerprint density at radius 2 is 1.68 bits per heavy atom. The van der Waals surface area contributed by atoms with Crippen molar-refractivity contribution in [3.63, 3.8) is 0 Å². The Hall–Kier alpha value is -2.87. The second-order valence-electron chi connectivity index (χ2n) is 8.67. The molecule has 0 aliphatic carbocycles. The van der Waals surface area contributed by atoms with Gasteiger partial charge in [-0.15, -0.1) is 0 Å². The molecule has 0 fully saturated rings. The van der Waals surface area contributed by atoms with Crippen molar-refractivity contribution in [3.05, 3.63) is 65.7 Å². The van der Waals surface area contributed by atoms with E-state index in [0.717, 1.165) is 28.1 Å². The first-order valence-electron chi connectivity index (χ1n) is 11.7. The van der Waals surface area contributed by atoms with Gasteiger partial charge in [-0.05, 0) is 56.4 Å². The van der Waals surface area contributed by atoms with Crippen LogP contribution in [0.4, 0.5) is 5.69 Å². The first-order valence-corrected chi connectivity index (χ1v) is 13.6. The zero-order valence-electron chi connectivity index (χ0n) is 20.8. The van der Waals surface area contributed by atoms with Crippen LogP contribution in [0.25, 0.3) is 0 Å². The van der Waals surface area contributed by atoms with Gasteiger partial charge in [-0.25, -0.2) is 8.42 Å². The van der Waals surface area contributed by atoms with Crippen LogP contribution in [0.5, 0.6) is 0 Å². The minimum atomic E-state index is -3.72. The van der Waals surface area contributed by atoms with Crippen LogP contribution in [0, 0.1) is 6.92 Å². The first kappa shape index (κ1) is 27.4. The summed E-state index contributed by atoms with van der Waals surface area (Å²) in [6, 6.07) is 16.0. The van der Waals surface area contributed by atoms with Crippen molar-refractivity contribution < 1.29 is 18.0 Å². The molecule has 34 heavy (non-hydrogen) atoms. The minimum Gasteiger partial charge on any atom is -0.352 e. The van der Waals surface area contributed by atoms with Gasteiger partial charge in [0.2, 0.25) is 21.8 Å². The van der Waals surface area contributed by atoms with E-state index in [1.54, 1.807) is 18.2 Å². The summed E-state index contributed by atoms with van der Waals surface area (Å²) in [4.78, 5) is 28.2. The van der Waals surface area contributed by atoms with Gasteiger partial charge in [0.05, 0.1) is 11.9 Å². The Kier molecular flexibility index (Phi) is 10.1. The molecule has 0 bridgehead atoms. The van der Waals surface area contributed by atoms with E-state index < -0.39 is 22.0 Å². The summed E-state index contributed by atoms with van der Waals surface area (Å²) in [6.07, 6.45) is 2.84. The summed E-state index contributed by atoms with van der Waals surface area (Å²) in [7, 11) is -3.72. The van der Waals surface area contributed by atoms with Crippen molar-refractivity contribution in [1.82, 2.24) is 10.2 Å². The van der Waals surface area contributed by atoms with Crippen molar-refractivity contribution >= 4 is 27.5 Å². The molecule has 2 rings (SSSR count). The molecule has 1 N–H and O–H groups in total. The molecule has 0 aromatic heterocycles. The van der Waals surface area contributed by atoms with Gasteiger partial charge in [0.25, 0.3) is 0 Å². The highest BCUT2D eigenvalue weighted by molar-refractivity contribution is 7.92. The molecule has 0 aliphatic rings. The van der Waals surface area contributed by atoms with Crippen LogP contribution in [-0.2, 0) is 26.0 Å². The van der Waals surface area contributed by atoms with E-state index in [1.807, 2.05) is 64.1 Å². The molecule has 2 aromatic rings. The lowest BCUT2D eigenvalue weighted by Gasteiger charge is -2.33.